The van der Waals surface area contributed by atoms with Crippen LogP contribution in [0.4, 0.5) is 5.13 Å². The van der Waals surface area contributed by atoms with Crippen molar-refractivity contribution < 1.29 is 9.69 Å². The van der Waals surface area contributed by atoms with Gasteiger partial charge >= 0.3 is 0 Å². The number of para-hydroxylation sites is 1. The van der Waals surface area contributed by atoms with E-state index in [1.807, 2.05) is 35.2 Å². The van der Waals surface area contributed by atoms with Crippen LogP contribution in [-0.2, 0) is 11.2 Å². The monoisotopic (exact) mass is 400 g/mol. The molecular formula is C21H26N3OS2+. The van der Waals surface area contributed by atoms with Gasteiger partial charge in [-0.15, -0.1) is 11.8 Å². The summed E-state index contributed by atoms with van der Waals surface area (Å²) < 4.78 is 1.15. The number of hydrogen-bond acceptors (Lipinski definition) is 4. The van der Waals surface area contributed by atoms with E-state index >= 15 is 0 Å². The predicted molar refractivity (Wildman–Crippen MR) is 116 cm³/mol. The van der Waals surface area contributed by atoms with Gasteiger partial charge in [0.15, 0.2) is 5.13 Å². The van der Waals surface area contributed by atoms with E-state index in [-0.39, 0.29) is 5.91 Å². The molecule has 6 heteroatoms. The van der Waals surface area contributed by atoms with Crippen LogP contribution in [0.1, 0.15) is 12.5 Å². The Morgan fingerprint density at radius 2 is 1.93 bits per heavy atom. The molecule has 1 N–H and O–H groups in total. The minimum Gasteiger partial charge on any atom is -0.338 e. The van der Waals surface area contributed by atoms with E-state index in [1.165, 1.54) is 10.5 Å². The molecule has 2 aromatic carbocycles. The molecule has 0 spiro atoms. The molecule has 27 heavy (non-hydrogen) atoms. The summed E-state index contributed by atoms with van der Waals surface area (Å²) in [7, 11) is 4.21. The summed E-state index contributed by atoms with van der Waals surface area (Å²) in [6.07, 6.45) is 0.945. The molecule has 3 rings (SSSR count). The van der Waals surface area contributed by atoms with Crippen LogP contribution in [0, 0.1) is 0 Å². The fourth-order valence-electron chi connectivity index (χ4n) is 2.80. The van der Waals surface area contributed by atoms with Crippen LogP contribution in [0.5, 0.6) is 0 Å². The van der Waals surface area contributed by atoms with E-state index in [4.69, 9.17) is 4.98 Å². The highest BCUT2D eigenvalue weighted by Crippen LogP contribution is 2.31. The van der Waals surface area contributed by atoms with Crippen molar-refractivity contribution in [2.24, 2.45) is 0 Å². The zero-order valence-electron chi connectivity index (χ0n) is 16.1. The van der Waals surface area contributed by atoms with Crippen LogP contribution in [-0.4, -0.2) is 43.8 Å². The van der Waals surface area contributed by atoms with Gasteiger partial charge in [-0.25, -0.2) is 4.98 Å². The minimum absolute atomic E-state index is 0.113. The second-order valence-electron chi connectivity index (χ2n) is 6.72. The first-order valence-corrected chi connectivity index (χ1v) is 11.0. The first-order chi connectivity index (χ1) is 13.1. The molecule has 0 saturated heterocycles. The van der Waals surface area contributed by atoms with Crippen molar-refractivity contribution in [3.05, 3.63) is 54.1 Å². The number of hydrogen-bond donors (Lipinski definition) is 1. The number of benzene rings is 2. The summed E-state index contributed by atoms with van der Waals surface area (Å²) in [6.45, 7) is 3.71. The number of nitrogens with one attached hydrogen (secondary N) is 1. The fourth-order valence-corrected chi connectivity index (χ4v) is 4.65. The number of carbonyl (C=O) groups is 1. The number of rotatable bonds is 8. The number of likely N-dealkylation sites (N-methyl/N-ethyl adjacent to an activating group) is 1. The molecule has 1 aromatic heterocycles. The number of fused-ring (bicyclic) bond motifs is 1. The Balaban J connectivity index is 1.83. The van der Waals surface area contributed by atoms with Gasteiger partial charge in [-0.3, -0.25) is 9.69 Å². The van der Waals surface area contributed by atoms with Gasteiger partial charge in [0.25, 0.3) is 0 Å². The molecular weight excluding hydrogens is 374 g/mol. The average molecular weight is 401 g/mol. The molecule has 0 atom stereocenters. The van der Waals surface area contributed by atoms with Crippen molar-refractivity contribution in [1.82, 2.24) is 4.98 Å². The molecule has 1 heterocycles. The largest absolute Gasteiger partial charge is 0.338 e. The lowest BCUT2D eigenvalue weighted by Gasteiger charge is -2.20. The number of thioether (sulfide) groups is 1. The molecule has 0 aliphatic rings. The summed E-state index contributed by atoms with van der Waals surface area (Å²) >= 11 is 3.19. The molecule has 4 nitrogen and oxygen atoms in total. The number of aryl methyl sites for hydroxylation is 1. The number of quaternary nitrogens is 1. The summed E-state index contributed by atoms with van der Waals surface area (Å²) in [4.78, 5) is 22.2. The summed E-state index contributed by atoms with van der Waals surface area (Å²) in [6, 6.07) is 16.4. The quantitative estimate of drug-likeness (QED) is 0.591. The van der Waals surface area contributed by atoms with Crippen molar-refractivity contribution in [2.45, 2.75) is 18.2 Å². The van der Waals surface area contributed by atoms with Gasteiger partial charge in [0.05, 0.1) is 43.2 Å². The molecule has 3 aromatic rings. The van der Waals surface area contributed by atoms with E-state index in [1.54, 1.807) is 23.1 Å². The Bertz CT molecular complexity index is 893. The standard InChI is InChI=1S/C21H25N3OS2/c1-4-16-9-8-12-18-20(16)22-21(27-18)24(14-13-23(2)3)19(25)15-26-17-10-6-5-7-11-17/h5-12H,4,13-15H2,1-3H3/p+1. The first-order valence-electron chi connectivity index (χ1n) is 9.24. The third-order valence-corrected chi connectivity index (χ3v) is 6.39. The van der Waals surface area contributed by atoms with Crippen molar-refractivity contribution >= 4 is 44.4 Å². The van der Waals surface area contributed by atoms with E-state index in [0.717, 1.165) is 33.2 Å². The minimum atomic E-state index is 0.113. The van der Waals surface area contributed by atoms with Crippen LogP contribution < -0.4 is 9.80 Å². The number of carbonyl (C=O) groups excluding carboxylic acids is 1. The lowest BCUT2D eigenvalue weighted by molar-refractivity contribution is -0.856. The van der Waals surface area contributed by atoms with Crippen molar-refractivity contribution in [3.63, 3.8) is 0 Å². The van der Waals surface area contributed by atoms with Crippen LogP contribution in [0.3, 0.4) is 0 Å². The molecule has 0 fully saturated rings. The summed E-state index contributed by atoms with van der Waals surface area (Å²) in [5, 5.41) is 0.811. The van der Waals surface area contributed by atoms with Gasteiger partial charge in [-0.1, -0.05) is 48.6 Å². The third-order valence-electron chi connectivity index (χ3n) is 4.35. The van der Waals surface area contributed by atoms with E-state index in [9.17, 15) is 4.79 Å². The maximum atomic E-state index is 13.0. The van der Waals surface area contributed by atoms with Crippen LogP contribution in [0.25, 0.3) is 10.2 Å². The maximum absolute atomic E-state index is 13.0. The SMILES string of the molecule is CCc1cccc2sc(N(CC[NH+](C)C)C(=O)CSc3ccccc3)nc12. The van der Waals surface area contributed by atoms with Gasteiger partial charge in [0.1, 0.15) is 0 Å². The Hall–Kier alpha value is -1.89. The predicted octanol–water partition coefficient (Wildman–Crippen LogP) is 3.13. The Kier molecular flexibility index (Phi) is 6.88. The van der Waals surface area contributed by atoms with Gasteiger partial charge in [-0.2, -0.15) is 0 Å². The molecule has 1 amide bonds. The number of nitrogens with zero attached hydrogens (tertiary/aromatic N) is 2. The second kappa shape index (κ2) is 9.35. The molecule has 0 aliphatic heterocycles. The topological polar surface area (TPSA) is 37.6 Å². The molecule has 142 valence electrons. The third kappa shape index (κ3) is 5.09. The van der Waals surface area contributed by atoms with Gasteiger partial charge in [0, 0.05) is 4.90 Å². The van der Waals surface area contributed by atoms with E-state index in [0.29, 0.717) is 12.3 Å². The Morgan fingerprint density at radius 1 is 1.15 bits per heavy atom. The highest BCUT2D eigenvalue weighted by atomic mass is 32.2. The Labute approximate surface area is 169 Å². The van der Waals surface area contributed by atoms with Gasteiger partial charge in [-0.05, 0) is 30.2 Å². The zero-order chi connectivity index (χ0) is 19.2. The molecule has 0 unspecified atom stereocenters. The number of thiazole rings is 1. The summed E-state index contributed by atoms with van der Waals surface area (Å²) in [5.74, 6) is 0.533. The number of amides is 1. The van der Waals surface area contributed by atoms with E-state index in [2.05, 4.69) is 39.2 Å². The molecule has 0 bridgehead atoms. The number of anilines is 1. The average Bonchev–Trinajstić information content (AvgIpc) is 3.11. The van der Waals surface area contributed by atoms with Crippen LogP contribution in [0.15, 0.2) is 53.4 Å². The highest BCUT2D eigenvalue weighted by Gasteiger charge is 2.21. The van der Waals surface area contributed by atoms with Gasteiger partial charge in [0.2, 0.25) is 5.91 Å². The maximum Gasteiger partial charge on any atom is 0.239 e. The summed E-state index contributed by atoms with van der Waals surface area (Å²) in [5.41, 5.74) is 2.27. The zero-order valence-corrected chi connectivity index (χ0v) is 17.7. The van der Waals surface area contributed by atoms with Crippen molar-refractivity contribution in [2.75, 3.05) is 37.8 Å². The van der Waals surface area contributed by atoms with Gasteiger partial charge < -0.3 is 4.90 Å². The fraction of sp³-hybridized carbons (Fsp3) is 0.333. The lowest BCUT2D eigenvalue weighted by Crippen LogP contribution is -3.06. The normalized spacial score (nSPS) is 11.3. The molecule has 0 radical (unpaired) electrons. The lowest BCUT2D eigenvalue weighted by atomic mass is 10.1. The highest BCUT2D eigenvalue weighted by molar-refractivity contribution is 8.00. The second-order valence-corrected chi connectivity index (χ2v) is 8.78. The van der Waals surface area contributed by atoms with Crippen LogP contribution in [0.2, 0.25) is 0 Å². The Morgan fingerprint density at radius 3 is 2.63 bits per heavy atom. The first kappa shape index (κ1) is 19.9. The van der Waals surface area contributed by atoms with Crippen molar-refractivity contribution in [1.29, 1.82) is 0 Å². The van der Waals surface area contributed by atoms with Crippen LogP contribution >= 0.6 is 23.1 Å². The molecule has 0 aliphatic carbocycles. The number of aromatic nitrogens is 1. The van der Waals surface area contributed by atoms with E-state index < -0.39 is 0 Å². The van der Waals surface area contributed by atoms with Crippen molar-refractivity contribution in [3.8, 4) is 0 Å². The smallest absolute Gasteiger partial charge is 0.239 e. The molecule has 0 saturated carbocycles.